The van der Waals surface area contributed by atoms with Gasteiger partial charge in [0.2, 0.25) is 0 Å². The second kappa shape index (κ2) is 5.32. The number of amides is 1. The van der Waals surface area contributed by atoms with E-state index in [1.807, 2.05) is 5.43 Å². The molecule has 0 saturated carbocycles. The van der Waals surface area contributed by atoms with Crippen LogP contribution >= 0.6 is 0 Å². The summed E-state index contributed by atoms with van der Waals surface area (Å²) in [6.45, 7) is -0.177. The van der Waals surface area contributed by atoms with Gasteiger partial charge < -0.3 is 4.42 Å². The zero-order valence-corrected chi connectivity index (χ0v) is 9.98. The molecule has 0 aromatic carbocycles. The van der Waals surface area contributed by atoms with Gasteiger partial charge >= 0.3 is 11.4 Å². The number of hydrogen-bond donors (Lipinski definition) is 2. The maximum Gasteiger partial charge on any atom is 0.348 e. The van der Waals surface area contributed by atoms with E-state index in [9.17, 15) is 19.7 Å². The molecular formula is C10H9N5O5. The van der Waals surface area contributed by atoms with Crippen molar-refractivity contribution in [3.63, 3.8) is 0 Å². The van der Waals surface area contributed by atoms with Crippen LogP contribution in [-0.2, 0) is 6.54 Å². The van der Waals surface area contributed by atoms with Crippen molar-refractivity contribution in [3.8, 4) is 0 Å². The maximum absolute atomic E-state index is 11.5. The van der Waals surface area contributed by atoms with E-state index in [0.29, 0.717) is 0 Å². The summed E-state index contributed by atoms with van der Waals surface area (Å²) in [5.74, 6) is 4.55. The van der Waals surface area contributed by atoms with Crippen LogP contribution in [0.5, 0.6) is 0 Å². The maximum atomic E-state index is 11.5. The minimum atomic E-state index is -0.703. The van der Waals surface area contributed by atoms with Crippen molar-refractivity contribution in [1.29, 1.82) is 0 Å². The first-order valence-corrected chi connectivity index (χ1v) is 5.31. The van der Waals surface area contributed by atoms with E-state index in [1.165, 1.54) is 12.3 Å². The zero-order valence-electron chi connectivity index (χ0n) is 9.98. The molecule has 20 heavy (non-hydrogen) atoms. The number of carbonyl (C=O) groups is 1. The molecule has 2 heterocycles. The molecule has 2 aromatic heterocycles. The second-order valence-corrected chi connectivity index (χ2v) is 3.71. The topological polar surface area (TPSA) is 146 Å². The summed E-state index contributed by atoms with van der Waals surface area (Å²) in [7, 11) is 0. The Bertz CT molecular complexity index is 719. The van der Waals surface area contributed by atoms with Crippen LogP contribution in [0.15, 0.2) is 33.9 Å². The third kappa shape index (κ3) is 2.54. The van der Waals surface area contributed by atoms with Gasteiger partial charge in [-0.1, -0.05) is 0 Å². The summed E-state index contributed by atoms with van der Waals surface area (Å²) in [6, 6.07) is 1.37. The van der Waals surface area contributed by atoms with Crippen molar-refractivity contribution in [2.24, 2.45) is 5.84 Å². The minimum Gasteiger partial charge on any atom is -0.467 e. The van der Waals surface area contributed by atoms with Gasteiger partial charge in [0.1, 0.15) is 12.0 Å². The lowest BCUT2D eigenvalue weighted by Crippen LogP contribution is -2.31. The van der Waals surface area contributed by atoms with Crippen molar-refractivity contribution in [1.82, 2.24) is 15.0 Å². The molecule has 0 bridgehead atoms. The summed E-state index contributed by atoms with van der Waals surface area (Å²) in [6.07, 6.45) is 3.12. The molecule has 0 aliphatic carbocycles. The molecule has 10 heteroatoms. The molecular weight excluding hydrogens is 270 g/mol. The number of nitrogens with two attached hydrogens (primary N) is 1. The third-order valence-electron chi connectivity index (χ3n) is 2.49. The van der Waals surface area contributed by atoms with Crippen molar-refractivity contribution in [2.45, 2.75) is 6.54 Å². The van der Waals surface area contributed by atoms with Gasteiger partial charge in [-0.25, -0.2) is 10.6 Å². The van der Waals surface area contributed by atoms with Crippen LogP contribution in [0.4, 0.5) is 5.69 Å². The van der Waals surface area contributed by atoms with Gasteiger partial charge in [0, 0.05) is 0 Å². The number of hydrazine groups is 1. The number of aromatic nitrogens is 2. The Labute approximate surface area is 110 Å². The van der Waals surface area contributed by atoms with E-state index in [0.717, 1.165) is 17.0 Å². The summed E-state index contributed by atoms with van der Waals surface area (Å²) in [5.41, 5.74) is 1.01. The highest BCUT2D eigenvalue weighted by Crippen LogP contribution is 2.12. The average molecular weight is 279 g/mol. The molecule has 0 fully saturated rings. The number of nitrogens with zero attached hydrogens (tertiary/aromatic N) is 3. The minimum absolute atomic E-state index is 0.130. The zero-order chi connectivity index (χ0) is 14.7. The highest BCUT2D eigenvalue weighted by Gasteiger charge is 2.16. The van der Waals surface area contributed by atoms with E-state index in [4.69, 9.17) is 10.3 Å². The van der Waals surface area contributed by atoms with Gasteiger partial charge in [-0.15, -0.1) is 0 Å². The fraction of sp³-hybridized carbons (Fsp3) is 0.100. The lowest BCUT2D eigenvalue weighted by atomic mass is 10.2. The largest absolute Gasteiger partial charge is 0.467 e. The van der Waals surface area contributed by atoms with Gasteiger partial charge in [-0.05, 0) is 6.07 Å². The normalized spacial score (nSPS) is 10.2. The Morgan fingerprint density at radius 2 is 2.35 bits per heavy atom. The van der Waals surface area contributed by atoms with E-state index < -0.39 is 16.5 Å². The standard InChI is InChI=1S/C10H9N5O5/c11-13-9(16)7-1-2-20-8(7)5-14-4-6(15(18)19)3-12-10(14)17/h1-4H,5,11H2,(H,13,16). The Balaban J connectivity index is 2.38. The Morgan fingerprint density at radius 1 is 1.60 bits per heavy atom. The number of nitrogen functional groups attached to an aromatic ring is 1. The van der Waals surface area contributed by atoms with E-state index >= 15 is 0 Å². The molecule has 0 aliphatic rings. The fourth-order valence-corrected chi connectivity index (χ4v) is 1.55. The first kappa shape index (κ1) is 13.4. The molecule has 10 nitrogen and oxygen atoms in total. The number of rotatable bonds is 4. The quantitative estimate of drug-likeness (QED) is 0.328. The monoisotopic (exact) mass is 279 g/mol. The summed E-state index contributed by atoms with van der Waals surface area (Å²) < 4.78 is 6.04. The summed E-state index contributed by atoms with van der Waals surface area (Å²) in [4.78, 5) is 36.3. The van der Waals surface area contributed by atoms with Crippen LogP contribution in [0, 0.1) is 10.1 Å². The number of nitrogens with one attached hydrogen (secondary N) is 1. The molecule has 2 rings (SSSR count). The Kier molecular flexibility index (Phi) is 3.57. The summed E-state index contributed by atoms with van der Waals surface area (Å²) in [5, 5.41) is 10.6. The molecule has 1 amide bonds. The van der Waals surface area contributed by atoms with E-state index in [2.05, 4.69) is 4.98 Å². The van der Waals surface area contributed by atoms with Crippen LogP contribution in [0.25, 0.3) is 0 Å². The van der Waals surface area contributed by atoms with Crippen LogP contribution in [0.2, 0.25) is 0 Å². The van der Waals surface area contributed by atoms with Gasteiger partial charge in [0.25, 0.3) is 5.91 Å². The van der Waals surface area contributed by atoms with Crippen molar-refractivity contribution < 1.29 is 14.1 Å². The molecule has 104 valence electrons. The second-order valence-electron chi connectivity index (χ2n) is 3.71. The number of furan rings is 1. The highest BCUT2D eigenvalue weighted by molar-refractivity contribution is 5.94. The van der Waals surface area contributed by atoms with Gasteiger partial charge in [0.15, 0.2) is 0 Å². The van der Waals surface area contributed by atoms with Crippen molar-refractivity contribution in [3.05, 3.63) is 56.6 Å². The van der Waals surface area contributed by atoms with E-state index in [-0.39, 0.29) is 23.6 Å². The van der Waals surface area contributed by atoms with Gasteiger partial charge in [-0.3, -0.25) is 24.9 Å². The highest BCUT2D eigenvalue weighted by atomic mass is 16.6. The number of nitro groups is 1. The molecule has 0 spiro atoms. The molecule has 3 N–H and O–H groups in total. The van der Waals surface area contributed by atoms with Crippen LogP contribution < -0.4 is 17.0 Å². The first-order chi connectivity index (χ1) is 9.52. The SMILES string of the molecule is NNC(=O)c1ccoc1Cn1cc([N+](=O)[O-])cnc1=O. The average Bonchev–Trinajstić information content (AvgIpc) is 2.88. The van der Waals surface area contributed by atoms with Crippen molar-refractivity contribution in [2.75, 3.05) is 0 Å². The van der Waals surface area contributed by atoms with Gasteiger partial charge in [-0.2, -0.15) is 4.98 Å². The van der Waals surface area contributed by atoms with E-state index in [1.54, 1.807) is 0 Å². The first-order valence-electron chi connectivity index (χ1n) is 5.31. The lowest BCUT2D eigenvalue weighted by Gasteiger charge is -2.04. The smallest absolute Gasteiger partial charge is 0.348 e. The predicted molar refractivity (Wildman–Crippen MR) is 64.6 cm³/mol. The summed E-state index contributed by atoms with van der Waals surface area (Å²) >= 11 is 0. The van der Waals surface area contributed by atoms with Crippen LogP contribution in [0.1, 0.15) is 16.1 Å². The molecule has 2 aromatic rings. The molecule has 0 aliphatic heterocycles. The molecule has 0 saturated heterocycles. The third-order valence-corrected chi connectivity index (χ3v) is 2.49. The fourth-order valence-electron chi connectivity index (χ4n) is 1.55. The molecule has 0 unspecified atom stereocenters. The number of hydrogen-bond acceptors (Lipinski definition) is 7. The Hall–Kier alpha value is -3.01. The van der Waals surface area contributed by atoms with Crippen LogP contribution in [-0.4, -0.2) is 20.4 Å². The van der Waals surface area contributed by atoms with Crippen molar-refractivity contribution >= 4 is 11.6 Å². The molecule has 0 radical (unpaired) electrons. The predicted octanol–water partition coefficient (Wildman–Crippen LogP) is -0.604. The van der Waals surface area contributed by atoms with Gasteiger partial charge in [0.05, 0.1) is 29.5 Å². The van der Waals surface area contributed by atoms with Crippen LogP contribution in [0.3, 0.4) is 0 Å². The number of carbonyl (C=O) groups excluding carboxylic acids is 1. The Morgan fingerprint density at radius 3 is 3.00 bits per heavy atom. The lowest BCUT2D eigenvalue weighted by molar-refractivity contribution is -0.385. The molecule has 0 atom stereocenters.